The average Bonchev–Trinajstić information content (AvgIpc) is 3.70. The zero-order valence-electron chi connectivity index (χ0n) is 41.0. The molecule has 0 N–H and O–H groups in total. The van der Waals surface area contributed by atoms with Crippen LogP contribution >= 0.6 is 0 Å². The number of allylic oxidation sites excluding steroid dienone is 4. The minimum absolute atomic E-state index is 0. The second kappa shape index (κ2) is 26.3. The molecular formula is C67H59Cl3SiTi. The van der Waals surface area contributed by atoms with Gasteiger partial charge in [-0.25, -0.2) is 5.57 Å². The Bertz CT molecular complexity index is 2680. The van der Waals surface area contributed by atoms with Crippen LogP contribution in [0, 0.1) is 12.0 Å². The van der Waals surface area contributed by atoms with Crippen LogP contribution in [0.5, 0.6) is 0 Å². The van der Waals surface area contributed by atoms with E-state index in [9.17, 15) is 0 Å². The van der Waals surface area contributed by atoms with E-state index in [1.54, 1.807) is 0 Å². The van der Waals surface area contributed by atoms with Gasteiger partial charge < -0.3 is 37.2 Å². The summed E-state index contributed by atoms with van der Waals surface area (Å²) in [6.45, 7) is 4.66. The van der Waals surface area contributed by atoms with Crippen molar-refractivity contribution in [3.05, 3.63) is 326 Å². The summed E-state index contributed by atoms with van der Waals surface area (Å²) in [5.74, 6) is 0.195. The topological polar surface area (TPSA) is 0 Å². The first kappa shape index (κ1) is 55.6. The van der Waals surface area contributed by atoms with Crippen molar-refractivity contribution in [3.8, 4) is 0 Å². The van der Waals surface area contributed by atoms with Gasteiger partial charge in [-0.15, -0.1) is 0 Å². The van der Waals surface area contributed by atoms with Gasteiger partial charge in [-0.05, 0) is 105 Å². The molecule has 72 heavy (non-hydrogen) atoms. The number of hydrogen-bond acceptors (Lipinski definition) is 0. The smallest absolute Gasteiger partial charge is 1.00 e. The second-order valence-electron chi connectivity index (χ2n) is 19.0. The number of halogens is 3. The third-order valence-electron chi connectivity index (χ3n) is 13.6. The Balaban J connectivity index is 0.00000212. The van der Waals surface area contributed by atoms with Crippen molar-refractivity contribution in [3.63, 3.8) is 0 Å². The molecule has 0 aromatic heterocycles. The minimum Gasteiger partial charge on any atom is -1.00 e. The maximum atomic E-state index is 3.97. The number of rotatable bonds is 16. The first-order valence-corrected chi connectivity index (χ1v) is 26.4. The van der Waals surface area contributed by atoms with Gasteiger partial charge in [0.05, 0.1) is 8.07 Å². The molecule has 1 aliphatic rings. The fraction of sp³-hybridized carbons (Fsp3) is 0.134. The summed E-state index contributed by atoms with van der Waals surface area (Å²) in [6.07, 6.45) is 11.7. The number of benzene rings is 9. The summed E-state index contributed by atoms with van der Waals surface area (Å²) in [5, 5.41) is 5.76. The van der Waals surface area contributed by atoms with Crippen LogP contribution < -0.4 is 52.8 Å². The molecule has 9 aromatic rings. The number of hydrogen-bond donors (Lipinski definition) is 0. The van der Waals surface area contributed by atoms with Gasteiger partial charge in [-0.1, -0.05) is 272 Å². The Morgan fingerprint density at radius 1 is 0.319 bits per heavy atom. The van der Waals surface area contributed by atoms with Gasteiger partial charge >= 0.3 is 21.7 Å². The summed E-state index contributed by atoms with van der Waals surface area (Å²) >= 11 is 0. The Morgan fingerprint density at radius 2 is 0.528 bits per heavy atom. The van der Waals surface area contributed by atoms with Crippen LogP contribution in [-0.4, -0.2) is 8.07 Å². The van der Waals surface area contributed by atoms with Crippen molar-refractivity contribution in [1.82, 2.24) is 0 Å². The molecular weight excluding hydrogens is 987 g/mol. The molecule has 0 amide bonds. The maximum absolute atomic E-state index is 3.97. The molecule has 0 fully saturated rings. The van der Waals surface area contributed by atoms with Gasteiger partial charge in [0.1, 0.15) is 0 Å². The van der Waals surface area contributed by atoms with Gasteiger partial charge in [0.15, 0.2) is 0 Å². The summed E-state index contributed by atoms with van der Waals surface area (Å²) in [5.41, 5.74) is 17.3. The molecule has 5 heteroatoms. The molecule has 1 atom stereocenters. The molecule has 0 saturated heterocycles. The van der Waals surface area contributed by atoms with Crippen LogP contribution in [0.4, 0.5) is 0 Å². The minimum atomic E-state index is -3.23. The summed E-state index contributed by atoms with van der Waals surface area (Å²) in [7, 11) is -3.23. The van der Waals surface area contributed by atoms with E-state index in [0.29, 0.717) is 0 Å². The van der Waals surface area contributed by atoms with E-state index in [-0.39, 0.29) is 64.9 Å². The fourth-order valence-corrected chi connectivity index (χ4v) is 16.2. The van der Waals surface area contributed by atoms with Crippen LogP contribution in [-0.2, 0) is 60.2 Å². The zero-order chi connectivity index (χ0) is 46.1. The fourth-order valence-electron chi connectivity index (χ4n) is 10.7. The molecule has 0 bridgehead atoms. The molecule has 0 spiro atoms. The second-order valence-corrected chi connectivity index (χ2v) is 22.7. The molecule has 0 aliphatic heterocycles. The van der Waals surface area contributed by atoms with Gasteiger partial charge in [0, 0.05) is 0 Å². The van der Waals surface area contributed by atoms with Crippen LogP contribution in [0.25, 0.3) is 0 Å². The van der Waals surface area contributed by atoms with Crippen molar-refractivity contribution in [2.24, 2.45) is 5.92 Å². The van der Waals surface area contributed by atoms with E-state index in [2.05, 4.69) is 263 Å². The van der Waals surface area contributed by atoms with Crippen LogP contribution in [0.1, 0.15) is 80.6 Å². The molecule has 0 radical (unpaired) electrons. The summed E-state index contributed by atoms with van der Waals surface area (Å²) < 4.78 is 0. The molecule has 9 aromatic carbocycles. The quantitative estimate of drug-likeness (QED) is 0.0757. The first-order chi connectivity index (χ1) is 33.4. The molecule has 0 saturated carbocycles. The molecule has 1 unspecified atom stereocenters. The van der Waals surface area contributed by atoms with E-state index in [4.69, 9.17) is 0 Å². The van der Waals surface area contributed by atoms with Crippen LogP contribution in [0.15, 0.2) is 253 Å². The summed E-state index contributed by atoms with van der Waals surface area (Å²) in [4.78, 5) is 0. The molecule has 356 valence electrons. The van der Waals surface area contributed by atoms with E-state index in [0.717, 1.165) is 38.5 Å². The largest absolute Gasteiger partial charge is 4.00 e. The third kappa shape index (κ3) is 13.5. The van der Waals surface area contributed by atoms with E-state index >= 15 is 0 Å². The van der Waals surface area contributed by atoms with Gasteiger partial charge in [-0.3, -0.25) is 6.08 Å². The SMILES string of the molecule is CC1=[C-]C(C)C=C1[Si](c1cc(Cc2ccccc2)cc(Cc2ccccc2)c1)(c1cc(Cc2ccccc2)cc(Cc2ccccc2)c1)c1cc(Cc2ccccc2)cc(Cc2ccccc2)c1.[Cl-].[Cl-].[Cl-].[Ti+4]. The Morgan fingerprint density at radius 3 is 0.708 bits per heavy atom. The van der Waals surface area contributed by atoms with Crippen molar-refractivity contribution >= 4 is 23.6 Å². The molecule has 1 aliphatic carbocycles. The monoisotopic (exact) mass is 1040 g/mol. The van der Waals surface area contributed by atoms with Gasteiger partial charge in [0.2, 0.25) is 0 Å². The van der Waals surface area contributed by atoms with Crippen molar-refractivity contribution in [1.29, 1.82) is 0 Å². The van der Waals surface area contributed by atoms with E-state index < -0.39 is 8.07 Å². The van der Waals surface area contributed by atoms with E-state index in [1.807, 2.05) is 0 Å². The summed E-state index contributed by atoms with van der Waals surface area (Å²) in [6, 6.07) is 89.4. The molecule has 10 rings (SSSR count). The van der Waals surface area contributed by atoms with Crippen LogP contribution in [0.3, 0.4) is 0 Å². The average molecular weight is 1050 g/mol. The normalized spacial score (nSPS) is 12.8. The van der Waals surface area contributed by atoms with Crippen molar-refractivity contribution in [2.75, 3.05) is 0 Å². The standard InChI is InChI=1S/C67H59Si.3ClH.Ti/c1-50-33-51(2)67(34-50)68(64-44-58(35-52-21-9-3-10-22-52)41-59(45-64)36-53-23-11-4-12-24-53,65-46-60(37-54-25-13-5-14-26-54)42-61(47-65)38-55-27-15-6-16-28-55)66-48-62(39-56-29-17-7-18-30-56)43-63(49-66)40-57-31-19-8-20-32-57;;;;/h3-32,34,41-50H,35-40H2,1-2H3;3*1H;/q-1;;;;+4/p-3. The predicted molar refractivity (Wildman–Crippen MR) is 289 cm³/mol. The van der Waals surface area contributed by atoms with Crippen molar-refractivity contribution < 1.29 is 58.9 Å². The molecule has 0 heterocycles. The van der Waals surface area contributed by atoms with Crippen LogP contribution in [0.2, 0.25) is 0 Å². The Kier molecular flexibility index (Phi) is 20.3. The third-order valence-corrected chi connectivity index (χ3v) is 18.4. The first-order valence-electron chi connectivity index (χ1n) is 24.4. The van der Waals surface area contributed by atoms with Crippen molar-refractivity contribution in [2.45, 2.75) is 52.4 Å². The molecule has 0 nitrogen and oxygen atoms in total. The van der Waals surface area contributed by atoms with E-state index in [1.165, 1.54) is 93.1 Å². The van der Waals surface area contributed by atoms with Gasteiger partial charge in [0.25, 0.3) is 0 Å². The van der Waals surface area contributed by atoms with Gasteiger partial charge in [-0.2, -0.15) is 11.3 Å². The Hall–Kier alpha value is -5.74. The predicted octanol–water partition coefficient (Wildman–Crippen LogP) is 4.58. The Labute approximate surface area is 463 Å². The zero-order valence-corrected chi connectivity index (χ0v) is 45.9. The maximum Gasteiger partial charge on any atom is 4.00 e.